The molecule has 3 aromatic carbocycles. The van der Waals surface area contributed by atoms with Gasteiger partial charge in [0.15, 0.2) is 22.9 Å². The van der Waals surface area contributed by atoms with E-state index in [1.807, 2.05) is 31.2 Å². The van der Waals surface area contributed by atoms with Crippen LogP contribution in [0.5, 0.6) is 11.5 Å². The van der Waals surface area contributed by atoms with Crippen molar-refractivity contribution in [1.29, 1.82) is 0 Å². The third-order valence-corrected chi connectivity index (χ3v) is 6.46. The maximum atomic E-state index is 13.9. The molecule has 1 aliphatic heterocycles. The standard InChI is InChI=1S/C29H25NO6/c1-4-17-12-14-19(15-13-17)30-25(20-9-5-6-10-21(20)34-2)24(27(32)29(30)33)26(31)23-16-18-8-7-11-22(35-3)28(18)36-23/h5-16,25,32H,4H2,1-3H3. The number of furan rings is 1. The predicted molar refractivity (Wildman–Crippen MR) is 136 cm³/mol. The lowest BCUT2D eigenvalue weighted by Crippen LogP contribution is -2.31. The van der Waals surface area contributed by atoms with E-state index in [1.54, 1.807) is 48.5 Å². The Kier molecular flexibility index (Phi) is 5.98. The summed E-state index contributed by atoms with van der Waals surface area (Å²) < 4.78 is 16.8. The van der Waals surface area contributed by atoms with Crippen molar-refractivity contribution in [2.75, 3.05) is 19.1 Å². The number of amides is 1. The fraction of sp³-hybridized carbons (Fsp3) is 0.172. The molecule has 0 fully saturated rings. The molecule has 0 aliphatic carbocycles. The van der Waals surface area contributed by atoms with E-state index in [0.717, 1.165) is 12.0 Å². The van der Waals surface area contributed by atoms with Crippen molar-refractivity contribution >= 4 is 28.3 Å². The number of Topliss-reactive ketones (excluding diaryl/α,β-unsaturated/α-hetero) is 1. The first-order valence-corrected chi connectivity index (χ1v) is 11.6. The summed E-state index contributed by atoms with van der Waals surface area (Å²) in [7, 11) is 3.04. The Hall–Kier alpha value is -4.52. The van der Waals surface area contributed by atoms with Gasteiger partial charge in [-0.15, -0.1) is 0 Å². The van der Waals surface area contributed by atoms with Gasteiger partial charge in [0, 0.05) is 16.6 Å². The number of methoxy groups -OCH3 is 2. The van der Waals surface area contributed by atoms with Crippen molar-refractivity contribution in [2.45, 2.75) is 19.4 Å². The van der Waals surface area contributed by atoms with Crippen LogP contribution in [0.4, 0.5) is 5.69 Å². The van der Waals surface area contributed by atoms with Crippen LogP contribution in [0.25, 0.3) is 11.0 Å². The second-order valence-electron chi connectivity index (χ2n) is 8.42. The van der Waals surface area contributed by atoms with Gasteiger partial charge in [-0.25, -0.2) is 0 Å². The summed E-state index contributed by atoms with van der Waals surface area (Å²) in [5.74, 6) is -0.937. The number of aliphatic hydroxyl groups excluding tert-OH is 1. The molecule has 1 aromatic heterocycles. The normalized spacial score (nSPS) is 15.6. The van der Waals surface area contributed by atoms with Crippen LogP contribution in [0.1, 0.15) is 34.6 Å². The van der Waals surface area contributed by atoms with Gasteiger partial charge < -0.3 is 19.0 Å². The highest BCUT2D eigenvalue weighted by molar-refractivity contribution is 6.20. The van der Waals surface area contributed by atoms with E-state index in [0.29, 0.717) is 33.7 Å². The topological polar surface area (TPSA) is 89.2 Å². The monoisotopic (exact) mass is 483 g/mol. The highest BCUT2D eigenvalue weighted by atomic mass is 16.5. The molecule has 4 aromatic rings. The lowest BCUT2D eigenvalue weighted by Gasteiger charge is -2.28. The van der Waals surface area contributed by atoms with Crippen LogP contribution in [0.3, 0.4) is 0 Å². The average molecular weight is 484 g/mol. The van der Waals surface area contributed by atoms with E-state index in [-0.39, 0.29) is 11.3 Å². The van der Waals surface area contributed by atoms with Gasteiger partial charge in [0.2, 0.25) is 5.78 Å². The largest absolute Gasteiger partial charge is 0.503 e. The summed E-state index contributed by atoms with van der Waals surface area (Å²) in [6.07, 6.45) is 0.840. The zero-order chi connectivity index (χ0) is 25.4. The summed E-state index contributed by atoms with van der Waals surface area (Å²) >= 11 is 0. The van der Waals surface area contributed by atoms with E-state index in [2.05, 4.69) is 0 Å². The SMILES string of the molecule is CCc1ccc(N2C(=O)C(O)=C(C(=O)c3cc4cccc(OC)c4o3)C2c2ccccc2OC)cc1. The molecular weight excluding hydrogens is 458 g/mol. The number of anilines is 1. The quantitative estimate of drug-likeness (QED) is 0.335. The van der Waals surface area contributed by atoms with Crippen molar-refractivity contribution in [2.24, 2.45) is 0 Å². The number of hydrogen-bond donors (Lipinski definition) is 1. The van der Waals surface area contributed by atoms with Gasteiger partial charge in [-0.1, -0.05) is 49.4 Å². The molecule has 0 saturated heterocycles. The number of carbonyl (C=O) groups excluding carboxylic acids is 2. The van der Waals surface area contributed by atoms with E-state index < -0.39 is 23.5 Å². The molecule has 7 heteroatoms. The van der Waals surface area contributed by atoms with Gasteiger partial charge in [0.25, 0.3) is 5.91 Å². The van der Waals surface area contributed by atoms with Crippen LogP contribution in [-0.2, 0) is 11.2 Å². The number of hydrogen-bond acceptors (Lipinski definition) is 6. The van der Waals surface area contributed by atoms with Gasteiger partial charge in [-0.3, -0.25) is 14.5 Å². The second kappa shape index (κ2) is 9.26. The molecule has 7 nitrogen and oxygen atoms in total. The number of rotatable bonds is 7. The first-order valence-electron chi connectivity index (χ1n) is 11.6. The Morgan fingerprint density at radius 3 is 2.36 bits per heavy atom. The first kappa shape index (κ1) is 23.2. The molecule has 1 unspecified atom stereocenters. The van der Waals surface area contributed by atoms with Crippen LogP contribution < -0.4 is 14.4 Å². The molecular formula is C29H25NO6. The Labute approximate surface area is 208 Å². The van der Waals surface area contributed by atoms with Crippen molar-refractivity contribution in [3.8, 4) is 11.5 Å². The number of nitrogens with zero attached hydrogens (tertiary/aromatic N) is 1. The summed E-state index contributed by atoms with van der Waals surface area (Å²) in [5, 5.41) is 11.7. The van der Waals surface area contributed by atoms with Crippen molar-refractivity contribution < 1.29 is 28.6 Å². The lowest BCUT2D eigenvalue weighted by molar-refractivity contribution is -0.117. The highest BCUT2D eigenvalue weighted by Crippen LogP contribution is 2.45. The number of benzene rings is 3. The first-order chi connectivity index (χ1) is 17.5. The van der Waals surface area contributed by atoms with Gasteiger partial charge in [0.05, 0.1) is 25.8 Å². The van der Waals surface area contributed by atoms with E-state index >= 15 is 0 Å². The lowest BCUT2D eigenvalue weighted by atomic mass is 9.94. The third-order valence-electron chi connectivity index (χ3n) is 6.46. The van der Waals surface area contributed by atoms with Crippen LogP contribution in [0.15, 0.2) is 88.5 Å². The summed E-state index contributed by atoms with van der Waals surface area (Å²) in [4.78, 5) is 28.7. The number of para-hydroxylation sites is 2. The molecule has 182 valence electrons. The Bertz CT molecular complexity index is 1500. The molecule has 0 saturated carbocycles. The Morgan fingerprint density at radius 2 is 1.67 bits per heavy atom. The Morgan fingerprint density at radius 1 is 0.972 bits per heavy atom. The van der Waals surface area contributed by atoms with Gasteiger partial charge in [-0.05, 0) is 42.3 Å². The minimum absolute atomic E-state index is 0.00747. The number of fused-ring (bicyclic) bond motifs is 1. The number of aryl methyl sites for hydroxylation is 1. The van der Waals surface area contributed by atoms with E-state index in [1.165, 1.54) is 19.1 Å². The summed E-state index contributed by atoms with van der Waals surface area (Å²) in [5.41, 5.74) is 2.54. The zero-order valence-electron chi connectivity index (χ0n) is 20.1. The maximum absolute atomic E-state index is 13.9. The molecule has 1 N–H and O–H groups in total. The second-order valence-corrected chi connectivity index (χ2v) is 8.42. The molecule has 1 aliphatic rings. The van der Waals surface area contributed by atoms with Crippen molar-refractivity contribution in [1.82, 2.24) is 0 Å². The molecule has 0 bridgehead atoms. The average Bonchev–Trinajstić information content (AvgIpc) is 3.47. The predicted octanol–water partition coefficient (Wildman–Crippen LogP) is 5.80. The number of ether oxygens (including phenoxy) is 2. The van der Waals surface area contributed by atoms with Crippen LogP contribution in [0, 0.1) is 0 Å². The number of ketones is 1. The molecule has 0 radical (unpaired) electrons. The fourth-order valence-corrected chi connectivity index (χ4v) is 4.62. The minimum atomic E-state index is -0.927. The van der Waals surface area contributed by atoms with Crippen molar-refractivity contribution in [3.05, 3.63) is 101 Å². The highest BCUT2D eigenvalue weighted by Gasteiger charge is 2.46. The van der Waals surface area contributed by atoms with Crippen LogP contribution in [-0.4, -0.2) is 31.0 Å². The number of carbonyl (C=O) groups is 2. The molecule has 2 heterocycles. The van der Waals surface area contributed by atoms with E-state index in [4.69, 9.17) is 13.9 Å². The molecule has 1 atom stereocenters. The van der Waals surface area contributed by atoms with E-state index in [9.17, 15) is 14.7 Å². The molecule has 36 heavy (non-hydrogen) atoms. The van der Waals surface area contributed by atoms with Gasteiger partial charge >= 0.3 is 0 Å². The van der Waals surface area contributed by atoms with Crippen molar-refractivity contribution in [3.63, 3.8) is 0 Å². The maximum Gasteiger partial charge on any atom is 0.294 e. The molecule has 5 rings (SSSR count). The molecule has 0 spiro atoms. The summed E-state index contributed by atoms with van der Waals surface area (Å²) in [6.45, 7) is 2.04. The molecule has 1 amide bonds. The zero-order valence-corrected chi connectivity index (χ0v) is 20.1. The van der Waals surface area contributed by atoms with Gasteiger partial charge in [-0.2, -0.15) is 0 Å². The Balaban J connectivity index is 1.67. The van der Waals surface area contributed by atoms with Gasteiger partial charge in [0.1, 0.15) is 5.75 Å². The van der Waals surface area contributed by atoms with Crippen LogP contribution >= 0.6 is 0 Å². The smallest absolute Gasteiger partial charge is 0.294 e. The summed E-state index contributed by atoms with van der Waals surface area (Å²) in [6, 6.07) is 20.6. The third kappa shape index (κ3) is 3.69. The minimum Gasteiger partial charge on any atom is -0.503 e. The van der Waals surface area contributed by atoms with Crippen LogP contribution in [0.2, 0.25) is 0 Å². The fourth-order valence-electron chi connectivity index (χ4n) is 4.62. The number of aliphatic hydroxyl groups is 1.